The van der Waals surface area contributed by atoms with Crippen molar-refractivity contribution in [1.82, 2.24) is 14.1 Å². The third-order valence-electron chi connectivity index (χ3n) is 7.02. The zero-order chi connectivity index (χ0) is 28.6. The van der Waals surface area contributed by atoms with E-state index in [0.29, 0.717) is 47.0 Å². The molecule has 0 fully saturated rings. The fraction of sp³-hybridized carbons (Fsp3) is 0.233. The third kappa shape index (κ3) is 4.68. The van der Waals surface area contributed by atoms with Gasteiger partial charge in [-0.1, -0.05) is 37.3 Å². The second-order valence-electron chi connectivity index (χ2n) is 9.65. The summed E-state index contributed by atoms with van der Waals surface area (Å²) in [5, 5.41) is 10.2. The molecule has 2 heterocycles. The van der Waals surface area contributed by atoms with Gasteiger partial charge in [0.2, 0.25) is 5.78 Å². The lowest BCUT2D eigenvalue weighted by Gasteiger charge is -2.15. The van der Waals surface area contributed by atoms with Gasteiger partial charge in [-0.3, -0.25) is 18.7 Å². The molecule has 2 aromatic carbocycles. The molecule has 1 aliphatic rings. The fourth-order valence-corrected chi connectivity index (χ4v) is 5.04. The topological polar surface area (TPSA) is 147 Å². The summed E-state index contributed by atoms with van der Waals surface area (Å²) in [4.78, 5) is 56.6. The number of esters is 1. The Labute approximate surface area is 229 Å². The van der Waals surface area contributed by atoms with Gasteiger partial charge in [0.25, 0.3) is 5.56 Å². The number of benzene rings is 2. The SMILES string of the molecule is CCCn1c(N)c(C(=O)COC(=O)c2c3c(nc4ccccc24)C(=Cc2ccc(O)cc2)CC3)c(=O)n(C)c1=O. The van der Waals surface area contributed by atoms with Crippen molar-refractivity contribution in [2.24, 2.45) is 7.05 Å². The first-order valence-corrected chi connectivity index (χ1v) is 12.9. The second kappa shape index (κ2) is 10.6. The minimum Gasteiger partial charge on any atom is -0.508 e. The van der Waals surface area contributed by atoms with Crippen LogP contribution in [0.25, 0.3) is 22.6 Å². The Kier molecular flexibility index (Phi) is 7.08. The predicted octanol–water partition coefficient (Wildman–Crippen LogP) is 3.32. The molecular formula is C30H28N4O6. The molecule has 10 nitrogen and oxygen atoms in total. The number of fused-ring (bicyclic) bond motifs is 2. The fourth-order valence-electron chi connectivity index (χ4n) is 5.04. The number of aromatic nitrogens is 3. The molecule has 0 saturated heterocycles. The minimum absolute atomic E-state index is 0.168. The first-order valence-electron chi connectivity index (χ1n) is 12.9. The van der Waals surface area contributed by atoms with E-state index < -0.39 is 29.6 Å². The Hall–Kier alpha value is -4.99. The van der Waals surface area contributed by atoms with Gasteiger partial charge in [0.15, 0.2) is 6.61 Å². The second-order valence-corrected chi connectivity index (χ2v) is 9.65. The minimum atomic E-state index is -0.838. The number of ether oxygens (including phenoxy) is 1. The van der Waals surface area contributed by atoms with E-state index in [9.17, 15) is 24.3 Å². The van der Waals surface area contributed by atoms with Gasteiger partial charge in [-0.15, -0.1) is 0 Å². The number of hydrogen-bond acceptors (Lipinski definition) is 8. The quantitative estimate of drug-likeness (QED) is 0.268. The standard InChI is InChI=1S/C30H28N4O6/c1-3-14-34-27(31)25(28(37)33(2)30(34)39)23(36)16-40-29(38)24-20-6-4-5-7-22(20)32-26-18(10-13-21(24)26)15-17-8-11-19(35)12-9-17/h4-9,11-12,15,35H,3,10,13-14,16,31H2,1-2H3. The number of carbonyl (C=O) groups is 2. The van der Waals surface area contributed by atoms with Crippen LogP contribution < -0.4 is 17.0 Å². The van der Waals surface area contributed by atoms with Gasteiger partial charge in [0, 0.05) is 19.0 Å². The molecule has 40 heavy (non-hydrogen) atoms. The van der Waals surface area contributed by atoms with E-state index >= 15 is 0 Å². The van der Waals surface area contributed by atoms with Gasteiger partial charge in [-0.05, 0) is 60.2 Å². The van der Waals surface area contributed by atoms with E-state index in [1.807, 2.05) is 19.1 Å². The van der Waals surface area contributed by atoms with Crippen molar-refractivity contribution >= 4 is 40.1 Å². The molecule has 0 radical (unpaired) electrons. The number of anilines is 1. The molecular weight excluding hydrogens is 512 g/mol. The van der Waals surface area contributed by atoms with E-state index in [-0.39, 0.29) is 23.7 Å². The zero-order valence-corrected chi connectivity index (χ0v) is 22.1. The number of allylic oxidation sites excluding steroid dienone is 1. The molecule has 2 aromatic heterocycles. The number of para-hydroxylation sites is 1. The molecule has 4 aromatic rings. The van der Waals surface area contributed by atoms with Crippen molar-refractivity contribution in [3.63, 3.8) is 0 Å². The van der Waals surface area contributed by atoms with E-state index in [2.05, 4.69) is 0 Å². The summed E-state index contributed by atoms with van der Waals surface area (Å²) in [6.07, 6.45) is 3.72. The van der Waals surface area contributed by atoms with Crippen LogP contribution in [0.2, 0.25) is 0 Å². The lowest BCUT2D eigenvalue weighted by molar-refractivity contribution is 0.0475. The van der Waals surface area contributed by atoms with Gasteiger partial charge in [-0.25, -0.2) is 14.6 Å². The number of nitrogen functional groups attached to an aromatic ring is 1. The molecule has 0 spiro atoms. The van der Waals surface area contributed by atoms with Crippen molar-refractivity contribution in [2.45, 2.75) is 32.7 Å². The molecule has 0 unspecified atom stereocenters. The van der Waals surface area contributed by atoms with Crippen molar-refractivity contribution in [3.05, 3.63) is 97.3 Å². The number of nitrogens with zero attached hydrogens (tertiary/aromatic N) is 3. The number of hydrogen-bond donors (Lipinski definition) is 2. The van der Waals surface area contributed by atoms with Crippen molar-refractivity contribution in [2.75, 3.05) is 12.3 Å². The first-order chi connectivity index (χ1) is 19.2. The monoisotopic (exact) mass is 540 g/mol. The molecule has 3 N–H and O–H groups in total. The van der Waals surface area contributed by atoms with Crippen LogP contribution in [0.15, 0.2) is 58.1 Å². The zero-order valence-electron chi connectivity index (χ0n) is 22.1. The summed E-state index contributed by atoms with van der Waals surface area (Å²) in [6.45, 7) is 1.35. The molecule has 10 heteroatoms. The molecule has 0 bridgehead atoms. The lowest BCUT2D eigenvalue weighted by atomic mass is 10.0. The summed E-state index contributed by atoms with van der Waals surface area (Å²) in [6, 6.07) is 14.0. The highest BCUT2D eigenvalue weighted by molar-refractivity contribution is 6.08. The van der Waals surface area contributed by atoms with Crippen LogP contribution in [0, 0.1) is 0 Å². The Morgan fingerprint density at radius 1 is 1.07 bits per heavy atom. The van der Waals surface area contributed by atoms with Crippen LogP contribution in [0.5, 0.6) is 5.75 Å². The Morgan fingerprint density at radius 3 is 2.52 bits per heavy atom. The average Bonchev–Trinajstić information content (AvgIpc) is 3.34. The maximum atomic E-state index is 13.5. The summed E-state index contributed by atoms with van der Waals surface area (Å²) < 4.78 is 7.46. The maximum Gasteiger partial charge on any atom is 0.339 e. The van der Waals surface area contributed by atoms with Crippen LogP contribution in [-0.4, -0.2) is 37.6 Å². The number of phenols is 1. The molecule has 5 rings (SSSR count). The van der Waals surface area contributed by atoms with E-state index in [4.69, 9.17) is 15.5 Å². The number of phenolic OH excluding ortho intramolecular Hbond substituents is 1. The van der Waals surface area contributed by atoms with Crippen LogP contribution >= 0.6 is 0 Å². The van der Waals surface area contributed by atoms with Crippen molar-refractivity contribution in [3.8, 4) is 5.75 Å². The largest absolute Gasteiger partial charge is 0.508 e. The molecule has 0 amide bonds. The highest BCUT2D eigenvalue weighted by atomic mass is 16.5. The molecule has 204 valence electrons. The van der Waals surface area contributed by atoms with Gasteiger partial charge in [-0.2, -0.15) is 0 Å². The number of carbonyl (C=O) groups excluding carboxylic acids is 2. The summed E-state index contributed by atoms with van der Waals surface area (Å²) in [5.41, 5.74) is 8.35. The van der Waals surface area contributed by atoms with Crippen LogP contribution in [0.4, 0.5) is 5.82 Å². The number of Topliss-reactive ketones (excluding diaryl/α,β-unsaturated/α-hetero) is 1. The third-order valence-corrected chi connectivity index (χ3v) is 7.02. The van der Waals surface area contributed by atoms with Crippen molar-refractivity contribution in [1.29, 1.82) is 0 Å². The van der Waals surface area contributed by atoms with Crippen molar-refractivity contribution < 1.29 is 19.4 Å². The van der Waals surface area contributed by atoms with E-state index in [1.165, 1.54) is 11.6 Å². The first kappa shape index (κ1) is 26.6. The predicted molar refractivity (Wildman–Crippen MR) is 151 cm³/mol. The summed E-state index contributed by atoms with van der Waals surface area (Å²) in [5.74, 6) is -1.58. The van der Waals surface area contributed by atoms with Crippen LogP contribution in [0.3, 0.4) is 0 Å². The Morgan fingerprint density at radius 2 is 1.80 bits per heavy atom. The Balaban J connectivity index is 1.50. The maximum absolute atomic E-state index is 13.5. The molecule has 0 aliphatic heterocycles. The van der Waals surface area contributed by atoms with Gasteiger partial charge in [0.05, 0.1) is 16.8 Å². The van der Waals surface area contributed by atoms with E-state index in [0.717, 1.165) is 15.7 Å². The number of nitrogens with two attached hydrogens (primary N) is 1. The Bertz CT molecular complexity index is 1820. The van der Waals surface area contributed by atoms with Crippen LogP contribution in [-0.2, 0) is 24.8 Å². The van der Waals surface area contributed by atoms with Gasteiger partial charge >= 0.3 is 11.7 Å². The van der Waals surface area contributed by atoms with E-state index in [1.54, 1.807) is 42.5 Å². The molecule has 0 saturated carbocycles. The summed E-state index contributed by atoms with van der Waals surface area (Å²) >= 11 is 0. The average molecular weight is 541 g/mol. The number of ketones is 1. The highest BCUT2D eigenvalue weighted by Gasteiger charge is 2.29. The van der Waals surface area contributed by atoms with Gasteiger partial charge in [0.1, 0.15) is 17.1 Å². The number of pyridine rings is 1. The molecule has 1 aliphatic carbocycles. The number of rotatable bonds is 7. The highest BCUT2D eigenvalue weighted by Crippen LogP contribution is 2.38. The number of aromatic hydroxyl groups is 1. The van der Waals surface area contributed by atoms with Crippen LogP contribution in [0.1, 0.15) is 57.3 Å². The summed E-state index contributed by atoms with van der Waals surface area (Å²) in [7, 11) is 1.27. The smallest absolute Gasteiger partial charge is 0.339 e. The van der Waals surface area contributed by atoms with Gasteiger partial charge < -0.3 is 15.6 Å². The normalized spacial score (nSPS) is 13.5. The lowest BCUT2D eigenvalue weighted by Crippen LogP contribution is -2.43. The molecule has 0 atom stereocenters.